The molecule has 1 aliphatic rings. The van der Waals surface area contributed by atoms with Gasteiger partial charge in [0.05, 0.1) is 11.9 Å². The van der Waals surface area contributed by atoms with Crippen LogP contribution >= 0.6 is 0 Å². The third kappa shape index (κ3) is 3.33. The highest BCUT2D eigenvalue weighted by Crippen LogP contribution is 2.33. The summed E-state index contributed by atoms with van der Waals surface area (Å²) >= 11 is 0. The van der Waals surface area contributed by atoms with Gasteiger partial charge < -0.3 is 4.90 Å². The molecule has 0 aromatic heterocycles. The smallest absolute Gasteiger partial charge is 0.250 e. The molecule has 0 fully saturated rings. The molecule has 0 spiro atoms. The van der Waals surface area contributed by atoms with Gasteiger partial charge in [0.2, 0.25) is 10.0 Å². The Bertz CT molecular complexity index is 922. The summed E-state index contributed by atoms with van der Waals surface area (Å²) in [6, 6.07) is 14.1. The number of fused-ring (bicyclic) bond motifs is 1. The van der Waals surface area contributed by atoms with Gasteiger partial charge in [0.15, 0.2) is 0 Å². The number of carbonyl (C=O) groups excluding carboxylic acids is 1. The largest absolute Gasteiger partial charge is 0.307 e. The van der Waals surface area contributed by atoms with Gasteiger partial charge in [-0.05, 0) is 51.0 Å². The number of carbonyl (C=O) groups is 1. The fourth-order valence-corrected chi connectivity index (χ4v) is 4.77. The van der Waals surface area contributed by atoms with Crippen LogP contribution in [0.5, 0.6) is 0 Å². The van der Waals surface area contributed by atoms with Crippen LogP contribution in [0.1, 0.15) is 25.0 Å². The SMILES string of the molecule is Cc1ccc(N([C@H](C)C(=O)N2c3ccccc3C[C@H]2C)S(C)(=O)=O)cc1. The number of rotatable bonds is 4. The lowest BCUT2D eigenvalue weighted by atomic mass is 10.1. The maximum Gasteiger partial charge on any atom is 0.250 e. The van der Waals surface area contributed by atoms with Gasteiger partial charge >= 0.3 is 0 Å². The van der Waals surface area contributed by atoms with Crippen LogP contribution in [-0.2, 0) is 21.2 Å². The molecule has 2 aromatic rings. The summed E-state index contributed by atoms with van der Waals surface area (Å²) in [5, 5.41) is 0. The Kier molecular flexibility index (Phi) is 4.80. The van der Waals surface area contributed by atoms with Crippen molar-refractivity contribution in [2.45, 2.75) is 39.3 Å². The van der Waals surface area contributed by atoms with Gasteiger partial charge in [-0.15, -0.1) is 0 Å². The number of sulfonamides is 1. The van der Waals surface area contributed by atoms with E-state index in [4.69, 9.17) is 0 Å². The van der Waals surface area contributed by atoms with E-state index in [9.17, 15) is 13.2 Å². The van der Waals surface area contributed by atoms with Crippen LogP contribution in [0, 0.1) is 6.92 Å². The number of para-hydroxylation sites is 1. The van der Waals surface area contributed by atoms with Gasteiger partial charge in [-0.2, -0.15) is 0 Å². The molecule has 3 rings (SSSR count). The molecule has 0 unspecified atom stereocenters. The summed E-state index contributed by atoms with van der Waals surface area (Å²) in [4.78, 5) is 15.0. The first-order valence-electron chi connectivity index (χ1n) is 8.67. The Labute approximate surface area is 155 Å². The summed E-state index contributed by atoms with van der Waals surface area (Å²) in [5.41, 5.74) is 3.51. The molecule has 1 heterocycles. The molecule has 138 valence electrons. The molecule has 0 N–H and O–H groups in total. The number of nitrogens with zero attached hydrogens (tertiary/aromatic N) is 2. The first kappa shape index (κ1) is 18.5. The molecule has 1 aliphatic heterocycles. The van der Waals surface area contributed by atoms with Crippen molar-refractivity contribution in [1.29, 1.82) is 0 Å². The van der Waals surface area contributed by atoms with Gasteiger partial charge in [-0.25, -0.2) is 8.42 Å². The van der Waals surface area contributed by atoms with E-state index in [0.29, 0.717) is 5.69 Å². The van der Waals surface area contributed by atoms with Crippen LogP contribution in [0.25, 0.3) is 0 Å². The minimum Gasteiger partial charge on any atom is -0.307 e. The zero-order chi connectivity index (χ0) is 19.1. The van der Waals surface area contributed by atoms with E-state index in [-0.39, 0.29) is 11.9 Å². The Morgan fingerprint density at radius 1 is 1.15 bits per heavy atom. The quantitative estimate of drug-likeness (QED) is 0.828. The predicted octanol–water partition coefficient (Wildman–Crippen LogP) is 3.13. The monoisotopic (exact) mass is 372 g/mol. The number of anilines is 2. The van der Waals surface area contributed by atoms with Crippen LogP contribution in [0.4, 0.5) is 11.4 Å². The summed E-state index contributed by atoms with van der Waals surface area (Å²) in [6.07, 6.45) is 1.91. The average molecular weight is 372 g/mol. The molecule has 0 saturated heterocycles. The number of hydrogen-bond acceptors (Lipinski definition) is 3. The molecule has 5 nitrogen and oxygen atoms in total. The van der Waals surface area contributed by atoms with Crippen LogP contribution in [-0.4, -0.2) is 32.7 Å². The number of aryl methyl sites for hydroxylation is 1. The lowest BCUT2D eigenvalue weighted by Gasteiger charge is -2.33. The zero-order valence-corrected chi connectivity index (χ0v) is 16.3. The number of hydrogen-bond donors (Lipinski definition) is 0. The van der Waals surface area contributed by atoms with E-state index >= 15 is 0 Å². The molecule has 0 saturated carbocycles. The molecule has 1 amide bonds. The van der Waals surface area contributed by atoms with Gasteiger partial charge in [-0.1, -0.05) is 35.9 Å². The summed E-state index contributed by atoms with van der Waals surface area (Å²) in [5.74, 6) is -0.214. The average Bonchev–Trinajstić information content (AvgIpc) is 2.90. The minimum absolute atomic E-state index is 0.00165. The van der Waals surface area contributed by atoms with E-state index in [1.807, 2.05) is 50.2 Å². The van der Waals surface area contributed by atoms with E-state index in [1.165, 1.54) is 4.31 Å². The second-order valence-electron chi connectivity index (χ2n) is 6.96. The van der Waals surface area contributed by atoms with Gasteiger partial charge in [-0.3, -0.25) is 9.10 Å². The van der Waals surface area contributed by atoms with Gasteiger partial charge in [0.1, 0.15) is 6.04 Å². The van der Waals surface area contributed by atoms with Crippen LogP contribution in [0.3, 0.4) is 0 Å². The third-order valence-corrected chi connectivity index (χ3v) is 6.04. The summed E-state index contributed by atoms with van der Waals surface area (Å²) < 4.78 is 26.1. The van der Waals surface area contributed by atoms with Gasteiger partial charge in [0, 0.05) is 11.7 Å². The molecule has 26 heavy (non-hydrogen) atoms. The van der Waals surface area contributed by atoms with Crippen molar-refractivity contribution < 1.29 is 13.2 Å². The molecular weight excluding hydrogens is 348 g/mol. The molecule has 6 heteroatoms. The molecule has 0 radical (unpaired) electrons. The normalized spacial score (nSPS) is 17.7. The summed E-state index contributed by atoms with van der Waals surface area (Å²) in [6.45, 7) is 5.57. The minimum atomic E-state index is -3.61. The Hall–Kier alpha value is -2.34. The molecule has 2 atom stereocenters. The molecule has 0 bridgehead atoms. The van der Waals surface area contributed by atoms with Crippen molar-refractivity contribution in [1.82, 2.24) is 0 Å². The fourth-order valence-electron chi connectivity index (χ4n) is 3.60. The van der Waals surface area contributed by atoms with Crippen molar-refractivity contribution in [3.63, 3.8) is 0 Å². The number of amides is 1. The highest BCUT2D eigenvalue weighted by atomic mass is 32.2. The van der Waals surface area contributed by atoms with Crippen molar-refractivity contribution in [3.05, 3.63) is 59.7 Å². The van der Waals surface area contributed by atoms with Crippen LogP contribution in [0.15, 0.2) is 48.5 Å². The van der Waals surface area contributed by atoms with Crippen molar-refractivity contribution in [2.24, 2.45) is 0 Å². The molecule has 0 aliphatic carbocycles. The maximum atomic E-state index is 13.3. The van der Waals surface area contributed by atoms with Crippen molar-refractivity contribution in [3.8, 4) is 0 Å². The first-order valence-corrected chi connectivity index (χ1v) is 10.5. The highest BCUT2D eigenvalue weighted by Gasteiger charge is 2.37. The molecule has 2 aromatic carbocycles. The topological polar surface area (TPSA) is 57.7 Å². The zero-order valence-electron chi connectivity index (χ0n) is 15.5. The first-order chi connectivity index (χ1) is 12.2. The lowest BCUT2D eigenvalue weighted by molar-refractivity contribution is -0.119. The maximum absolute atomic E-state index is 13.3. The van der Waals surface area contributed by atoms with E-state index in [0.717, 1.165) is 29.5 Å². The van der Waals surface area contributed by atoms with E-state index in [1.54, 1.807) is 24.0 Å². The standard InChI is InChI=1S/C20H24N2O3S/c1-14-9-11-18(12-10-14)22(26(4,24)25)16(3)20(23)21-15(2)13-17-7-5-6-8-19(17)21/h5-12,15-16H,13H2,1-4H3/t15-,16-/m1/s1. The second kappa shape index (κ2) is 6.76. The van der Waals surface area contributed by atoms with Gasteiger partial charge in [0.25, 0.3) is 5.91 Å². The van der Waals surface area contributed by atoms with E-state index < -0.39 is 16.1 Å². The van der Waals surface area contributed by atoms with Crippen molar-refractivity contribution in [2.75, 3.05) is 15.5 Å². The second-order valence-corrected chi connectivity index (χ2v) is 8.82. The predicted molar refractivity (Wildman–Crippen MR) is 105 cm³/mol. The van der Waals surface area contributed by atoms with Crippen LogP contribution in [0.2, 0.25) is 0 Å². The summed E-state index contributed by atoms with van der Waals surface area (Å²) in [7, 11) is -3.61. The van der Waals surface area contributed by atoms with Crippen molar-refractivity contribution >= 4 is 27.3 Å². The Morgan fingerprint density at radius 2 is 1.77 bits per heavy atom. The highest BCUT2D eigenvalue weighted by molar-refractivity contribution is 7.92. The Morgan fingerprint density at radius 3 is 2.38 bits per heavy atom. The van der Waals surface area contributed by atoms with E-state index in [2.05, 4.69) is 0 Å². The molecular formula is C20H24N2O3S. The number of benzene rings is 2. The Balaban J connectivity index is 1.98. The lowest BCUT2D eigenvalue weighted by Crippen LogP contribution is -2.51. The fraction of sp³-hybridized carbons (Fsp3) is 0.350. The van der Waals surface area contributed by atoms with Crippen LogP contribution < -0.4 is 9.21 Å². The third-order valence-electron chi connectivity index (χ3n) is 4.80.